The van der Waals surface area contributed by atoms with Crippen molar-refractivity contribution in [2.75, 3.05) is 13.7 Å². The Morgan fingerprint density at radius 3 is 2.55 bits per heavy atom. The molecular formula is C15H21NO5S. The zero-order chi connectivity index (χ0) is 16.3. The van der Waals surface area contributed by atoms with Crippen LogP contribution < -0.4 is 0 Å². The highest BCUT2D eigenvalue weighted by Gasteiger charge is 2.48. The van der Waals surface area contributed by atoms with Crippen molar-refractivity contribution in [3.8, 4) is 0 Å². The molecule has 1 aromatic carbocycles. The van der Waals surface area contributed by atoms with Gasteiger partial charge in [-0.1, -0.05) is 12.1 Å². The number of hydrogen-bond acceptors (Lipinski definition) is 6. The highest BCUT2D eigenvalue weighted by Crippen LogP contribution is 2.41. The molecule has 22 heavy (non-hydrogen) atoms. The number of hydrogen-bond donors (Lipinski definition) is 1. The van der Waals surface area contributed by atoms with E-state index >= 15 is 0 Å². The second-order valence-electron chi connectivity index (χ2n) is 5.51. The van der Waals surface area contributed by atoms with Gasteiger partial charge in [0, 0.05) is 11.8 Å². The first kappa shape index (κ1) is 17.2. The quantitative estimate of drug-likeness (QED) is 0.508. The van der Waals surface area contributed by atoms with E-state index in [1.807, 2.05) is 38.1 Å². The van der Waals surface area contributed by atoms with Gasteiger partial charge in [0.25, 0.3) is 0 Å². The van der Waals surface area contributed by atoms with Crippen molar-refractivity contribution in [3.63, 3.8) is 0 Å². The molecular weight excluding hydrogens is 306 g/mol. The third-order valence-corrected chi connectivity index (χ3v) is 4.28. The lowest BCUT2D eigenvalue weighted by Crippen LogP contribution is -2.48. The summed E-state index contributed by atoms with van der Waals surface area (Å²) in [5.41, 5.74) is 0.147. The lowest BCUT2D eigenvalue weighted by Gasteiger charge is -2.31. The van der Waals surface area contributed by atoms with Gasteiger partial charge in [0.1, 0.15) is 11.8 Å². The summed E-state index contributed by atoms with van der Waals surface area (Å²) in [6.45, 7) is 4.98. The van der Waals surface area contributed by atoms with Gasteiger partial charge in [0.05, 0.1) is 31.8 Å². The fourth-order valence-electron chi connectivity index (χ4n) is 2.85. The molecule has 2 atom stereocenters. The molecule has 0 aliphatic carbocycles. The van der Waals surface area contributed by atoms with Crippen LogP contribution in [0, 0.1) is 0 Å². The standard InChI is InChI=1S/C15H21NO5S/c1-10(18)16-13(9-17)14(20-15(16,2)3)11-5-7-12(8-6-11)22-21-19-4/h5-8,13-14,17H,9H2,1-4H3/t13-,14-/m1/s1. The van der Waals surface area contributed by atoms with Crippen LogP contribution in [0.1, 0.15) is 32.4 Å². The number of carbonyl (C=O) groups excluding carboxylic acids is 1. The molecule has 0 saturated carbocycles. The van der Waals surface area contributed by atoms with Crippen LogP contribution >= 0.6 is 12.0 Å². The Morgan fingerprint density at radius 1 is 1.41 bits per heavy atom. The van der Waals surface area contributed by atoms with Crippen LogP contribution in [0.15, 0.2) is 29.2 Å². The Labute approximate surface area is 134 Å². The highest BCUT2D eigenvalue weighted by molar-refractivity contribution is 7.94. The average molecular weight is 327 g/mol. The molecule has 1 saturated heterocycles. The van der Waals surface area contributed by atoms with Crippen LogP contribution in [0.5, 0.6) is 0 Å². The molecule has 1 amide bonds. The summed E-state index contributed by atoms with van der Waals surface area (Å²) in [7, 11) is 1.44. The molecule has 0 aromatic heterocycles. The van der Waals surface area contributed by atoms with Crippen LogP contribution in [-0.4, -0.2) is 41.4 Å². The summed E-state index contributed by atoms with van der Waals surface area (Å²) >= 11 is 1.11. The van der Waals surface area contributed by atoms with Crippen molar-refractivity contribution in [2.24, 2.45) is 0 Å². The van der Waals surface area contributed by atoms with Crippen molar-refractivity contribution in [2.45, 2.75) is 43.5 Å². The summed E-state index contributed by atoms with van der Waals surface area (Å²) in [6, 6.07) is 7.14. The minimum Gasteiger partial charge on any atom is -0.394 e. The molecule has 122 valence electrons. The number of ether oxygens (including phenoxy) is 1. The first-order chi connectivity index (χ1) is 10.4. The highest BCUT2D eigenvalue weighted by atomic mass is 32.2. The second-order valence-corrected chi connectivity index (χ2v) is 6.29. The Morgan fingerprint density at radius 2 is 2.05 bits per heavy atom. The van der Waals surface area contributed by atoms with Gasteiger partial charge >= 0.3 is 0 Å². The topological polar surface area (TPSA) is 68.2 Å². The Kier molecular flexibility index (Phi) is 5.46. The van der Waals surface area contributed by atoms with E-state index in [1.165, 1.54) is 14.0 Å². The van der Waals surface area contributed by atoms with Gasteiger partial charge in [-0.25, -0.2) is 4.89 Å². The van der Waals surface area contributed by atoms with Crippen LogP contribution in [0.2, 0.25) is 0 Å². The van der Waals surface area contributed by atoms with Crippen molar-refractivity contribution < 1.29 is 23.9 Å². The lowest BCUT2D eigenvalue weighted by atomic mass is 10.0. The number of amides is 1. The number of benzene rings is 1. The largest absolute Gasteiger partial charge is 0.394 e. The molecule has 1 heterocycles. The van der Waals surface area contributed by atoms with Gasteiger partial charge in [0.15, 0.2) is 0 Å². The Balaban J connectivity index is 2.22. The van der Waals surface area contributed by atoms with E-state index in [0.717, 1.165) is 22.5 Å². The van der Waals surface area contributed by atoms with Gasteiger partial charge in [0.2, 0.25) is 5.91 Å². The molecule has 7 heteroatoms. The maximum Gasteiger partial charge on any atom is 0.222 e. The molecule has 1 aliphatic rings. The molecule has 1 fully saturated rings. The van der Waals surface area contributed by atoms with E-state index in [2.05, 4.69) is 4.89 Å². The van der Waals surface area contributed by atoms with Crippen LogP contribution in [0.25, 0.3) is 0 Å². The van der Waals surface area contributed by atoms with Crippen molar-refractivity contribution in [1.82, 2.24) is 4.90 Å². The fourth-order valence-corrected chi connectivity index (χ4v) is 3.24. The first-order valence-corrected chi connectivity index (χ1v) is 7.70. The molecule has 0 bridgehead atoms. The van der Waals surface area contributed by atoms with Crippen molar-refractivity contribution in [3.05, 3.63) is 29.8 Å². The SMILES string of the molecule is COOSc1ccc([C@H]2OC(C)(C)N(C(C)=O)[C@@H]2CO)cc1. The number of nitrogens with zero attached hydrogens (tertiary/aromatic N) is 1. The summed E-state index contributed by atoms with van der Waals surface area (Å²) in [4.78, 5) is 18.9. The predicted octanol–water partition coefficient (Wildman–Crippen LogP) is 2.29. The predicted molar refractivity (Wildman–Crippen MR) is 81.7 cm³/mol. The molecule has 1 aliphatic heterocycles. The van der Waals surface area contributed by atoms with Gasteiger partial charge in [-0.3, -0.25) is 4.79 Å². The third kappa shape index (κ3) is 3.44. The van der Waals surface area contributed by atoms with Crippen LogP contribution in [0.3, 0.4) is 0 Å². The smallest absolute Gasteiger partial charge is 0.222 e. The van der Waals surface area contributed by atoms with E-state index in [1.54, 1.807) is 4.90 Å². The Bertz CT molecular complexity index is 519. The summed E-state index contributed by atoms with van der Waals surface area (Å²) in [6.07, 6.45) is -0.369. The van der Waals surface area contributed by atoms with Gasteiger partial charge in [-0.15, -0.1) is 0 Å². The van der Waals surface area contributed by atoms with Gasteiger partial charge < -0.3 is 14.7 Å². The number of aliphatic hydroxyl groups is 1. The minimum absolute atomic E-state index is 0.118. The fraction of sp³-hybridized carbons (Fsp3) is 0.533. The maximum absolute atomic E-state index is 11.9. The molecule has 2 rings (SSSR count). The number of rotatable bonds is 5. The van der Waals surface area contributed by atoms with E-state index < -0.39 is 11.8 Å². The summed E-state index contributed by atoms with van der Waals surface area (Å²) in [5.74, 6) is -0.118. The van der Waals surface area contributed by atoms with Crippen LogP contribution in [0.4, 0.5) is 0 Å². The average Bonchev–Trinajstić information content (AvgIpc) is 2.76. The maximum atomic E-state index is 11.9. The van der Waals surface area contributed by atoms with E-state index in [-0.39, 0.29) is 18.6 Å². The summed E-state index contributed by atoms with van der Waals surface area (Å²) in [5, 5.41) is 9.71. The van der Waals surface area contributed by atoms with E-state index in [0.29, 0.717) is 0 Å². The van der Waals surface area contributed by atoms with Gasteiger partial charge in [-0.2, -0.15) is 4.33 Å². The van der Waals surface area contributed by atoms with Crippen LogP contribution in [-0.2, 0) is 18.8 Å². The minimum atomic E-state index is -0.753. The monoisotopic (exact) mass is 327 g/mol. The normalized spacial score (nSPS) is 23.8. The number of aliphatic hydroxyl groups excluding tert-OH is 1. The Hall–Kier alpha value is -1.12. The summed E-state index contributed by atoms with van der Waals surface area (Å²) < 4.78 is 10.8. The molecule has 0 unspecified atom stereocenters. The number of carbonyl (C=O) groups is 1. The molecule has 1 aromatic rings. The van der Waals surface area contributed by atoms with Crippen molar-refractivity contribution in [1.29, 1.82) is 0 Å². The zero-order valence-electron chi connectivity index (χ0n) is 13.1. The van der Waals surface area contributed by atoms with E-state index in [4.69, 9.17) is 9.07 Å². The van der Waals surface area contributed by atoms with E-state index in [9.17, 15) is 9.90 Å². The van der Waals surface area contributed by atoms with Gasteiger partial charge in [-0.05, 0) is 31.5 Å². The lowest BCUT2D eigenvalue weighted by molar-refractivity contribution is -0.160. The zero-order valence-corrected chi connectivity index (χ0v) is 13.9. The molecule has 0 spiro atoms. The molecule has 6 nitrogen and oxygen atoms in total. The molecule has 1 N–H and O–H groups in total. The van der Waals surface area contributed by atoms with Crippen molar-refractivity contribution >= 4 is 17.9 Å². The first-order valence-electron chi connectivity index (χ1n) is 6.96. The second kappa shape index (κ2) is 6.97. The molecule has 0 radical (unpaired) electrons. The third-order valence-electron chi connectivity index (χ3n) is 3.61.